The van der Waals surface area contributed by atoms with Crippen LogP contribution in [-0.2, 0) is 0 Å². The second-order valence-corrected chi connectivity index (χ2v) is 3.08. The molecule has 7 heteroatoms. The molecule has 0 aliphatic heterocycles. The van der Waals surface area contributed by atoms with Crippen LogP contribution in [0, 0.1) is 0 Å². The molecule has 1 rings (SSSR count). The smallest absolute Gasteiger partial charge is 0.155 e. The fourth-order valence-corrected chi connectivity index (χ4v) is 1.16. The number of aromatic nitrogens is 2. The summed E-state index contributed by atoms with van der Waals surface area (Å²) in [6.45, 7) is -0.0937. The second kappa shape index (κ2) is 4.52. The van der Waals surface area contributed by atoms with Gasteiger partial charge < -0.3 is 21.7 Å². The number of nitrogens with two attached hydrogens (primary N) is 2. The number of aliphatic hydroxyl groups excluding tert-OH is 2. The Morgan fingerprint density at radius 2 is 2.14 bits per heavy atom. The third-order valence-corrected chi connectivity index (χ3v) is 1.94. The molecule has 0 amide bonds. The molecule has 0 spiro atoms. The zero-order valence-electron chi connectivity index (χ0n) is 7.26. The SMILES string of the molecule is NCC(O)C(O)c1ncc(N)nc1Cl. The minimum Gasteiger partial charge on any atom is -0.389 e. The first-order valence-electron chi connectivity index (χ1n) is 3.90. The number of nitrogen functional groups attached to an aromatic ring is 1. The first kappa shape index (κ1) is 11.1. The van der Waals surface area contributed by atoms with Crippen molar-refractivity contribution in [1.29, 1.82) is 0 Å². The second-order valence-electron chi connectivity index (χ2n) is 2.72. The van der Waals surface area contributed by atoms with Crippen molar-refractivity contribution in [2.45, 2.75) is 12.2 Å². The van der Waals surface area contributed by atoms with Gasteiger partial charge in [0.25, 0.3) is 0 Å². The van der Waals surface area contributed by atoms with Crippen molar-refractivity contribution in [3.05, 3.63) is 17.0 Å². The van der Waals surface area contributed by atoms with Crippen LogP contribution in [0.15, 0.2) is 6.20 Å². The summed E-state index contributed by atoms with van der Waals surface area (Å²) in [6, 6.07) is 0. The van der Waals surface area contributed by atoms with Gasteiger partial charge in [0.15, 0.2) is 5.15 Å². The highest BCUT2D eigenvalue weighted by Crippen LogP contribution is 2.21. The van der Waals surface area contributed by atoms with E-state index in [1.165, 1.54) is 6.20 Å². The molecule has 2 atom stereocenters. The van der Waals surface area contributed by atoms with Crippen LogP contribution >= 0.6 is 11.6 Å². The van der Waals surface area contributed by atoms with E-state index in [4.69, 9.17) is 23.1 Å². The Balaban J connectivity index is 2.95. The molecule has 6 N–H and O–H groups in total. The van der Waals surface area contributed by atoms with Crippen molar-refractivity contribution in [2.24, 2.45) is 5.73 Å². The average Bonchev–Trinajstić information content (AvgIpc) is 2.15. The summed E-state index contributed by atoms with van der Waals surface area (Å²) in [5, 5.41) is 18.7. The van der Waals surface area contributed by atoms with Crippen molar-refractivity contribution in [3.8, 4) is 0 Å². The van der Waals surface area contributed by atoms with E-state index in [0.717, 1.165) is 0 Å². The molecule has 0 fully saturated rings. The Labute approximate surface area is 85.5 Å². The molecule has 0 aliphatic rings. The molecule has 1 heterocycles. The third kappa shape index (κ3) is 2.30. The quantitative estimate of drug-likeness (QED) is 0.520. The van der Waals surface area contributed by atoms with E-state index >= 15 is 0 Å². The molecule has 1 aromatic rings. The predicted octanol–water partition coefficient (Wildman–Crippen LogP) is -0.935. The van der Waals surface area contributed by atoms with Gasteiger partial charge in [0.1, 0.15) is 17.6 Å². The molecule has 0 radical (unpaired) electrons. The molecular formula is C7H11ClN4O2. The summed E-state index contributed by atoms with van der Waals surface area (Å²) in [7, 11) is 0. The summed E-state index contributed by atoms with van der Waals surface area (Å²) >= 11 is 5.66. The van der Waals surface area contributed by atoms with Crippen molar-refractivity contribution in [1.82, 2.24) is 9.97 Å². The highest BCUT2D eigenvalue weighted by Gasteiger charge is 2.21. The Hall–Kier alpha value is -0.950. The monoisotopic (exact) mass is 218 g/mol. The molecule has 1 aromatic heterocycles. The number of aliphatic hydroxyl groups is 2. The van der Waals surface area contributed by atoms with Crippen molar-refractivity contribution < 1.29 is 10.2 Å². The lowest BCUT2D eigenvalue weighted by molar-refractivity contribution is 0.0216. The number of halogens is 1. The van der Waals surface area contributed by atoms with E-state index in [1.54, 1.807) is 0 Å². The number of anilines is 1. The fraction of sp³-hybridized carbons (Fsp3) is 0.429. The van der Waals surface area contributed by atoms with Gasteiger partial charge in [-0.15, -0.1) is 0 Å². The Morgan fingerprint density at radius 3 is 2.64 bits per heavy atom. The molecular weight excluding hydrogens is 208 g/mol. The van der Waals surface area contributed by atoms with Crippen molar-refractivity contribution >= 4 is 17.4 Å². The van der Waals surface area contributed by atoms with E-state index in [2.05, 4.69) is 9.97 Å². The number of rotatable bonds is 3. The highest BCUT2D eigenvalue weighted by molar-refractivity contribution is 6.30. The third-order valence-electron chi connectivity index (χ3n) is 1.66. The van der Waals surface area contributed by atoms with Gasteiger partial charge in [-0.2, -0.15) is 0 Å². The Kier molecular flexibility index (Phi) is 3.59. The highest BCUT2D eigenvalue weighted by atomic mass is 35.5. The van der Waals surface area contributed by atoms with Crippen LogP contribution in [0.3, 0.4) is 0 Å². The lowest BCUT2D eigenvalue weighted by Crippen LogP contribution is -2.28. The topological polar surface area (TPSA) is 118 Å². The number of hydrogen-bond acceptors (Lipinski definition) is 6. The zero-order valence-corrected chi connectivity index (χ0v) is 8.02. The normalized spacial score (nSPS) is 15.1. The van der Waals surface area contributed by atoms with Gasteiger partial charge in [-0.3, -0.25) is 4.98 Å². The molecule has 0 aliphatic carbocycles. The molecule has 6 nitrogen and oxygen atoms in total. The Bertz CT molecular complexity index is 323. The van der Waals surface area contributed by atoms with Crippen molar-refractivity contribution in [3.63, 3.8) is 0 Å². The standard InChI is InChI=1S/C7H11ClN4O2/c8-7-5(6(14)3(13)1-9)11-2-4(10)12-7/h2-3,6,13-14H,1,9H2,(H2,10,12). The van der Waals surface area contributed by atoms with Gasteiger partial charge >= 0.3 is 0 Å². The first-order valence-corrected chi connectivity index (χ1v) is 4.28. The predicted molar refractivity (Wildman–Crippen MR) is 51.5 cm³/mol. The molecule has 14 heavy (non-hydrogen) atoms. The van der Waals surface area contributed by atoms with Gasteiger partial charge in [-0.1, -0.05) is 11.6 Å². The Morgan fingerprint density at radius 1 is 1.50 bits per heavy atom. The molecule has 0 saturated carbocycles. The number of hydrogen-bond donors (Lipinski definition) is 4. The van der Waals surface area contributed by atoms with E-state index in [-0.39, 0.29) is 23.2 Å². The van der Waals surface area contributed by atoms with Crippen LogP contribution < -0.4 is 11.5 Å². The fourth-order valence-electron chi connectivity index (χ4n) is 0.898. The van der Waals surface area contributed by atoms with E-state index in [0.29, 0.717) is 0 Å². The summed E-state index contributed by atoms with van der Waals surface area (Å²) in [6.07, 6.45) is -1.13. The van der Waals surface area contributed by atoms with Crippen molar-refractivity contribution in [2.75, 3.05) is 12.3 Å². The van der Waals surface area contributed by atoms with Crippen LogP contribution in [-0.4, -0.2) is 32.8 Å². The zero-order chi connectivity index (χ0) is 10.7. The summed E-state index contributed by atoms with van der Waals surface area (Å²) in [5.41, 5.74) is 10.5. The van der Waals surface area contributed by atoms with Crippen LogP contribution in [0.25, 0.3) is 0 Å². The molecule has 2 unspecified atom stereocenters. The molecule has 78 valence electrons. The maximum atomic E-state index is 9.50. The van der Waals surface area contributed by atoms with Gasteiger partial charge in [0.2, 0.25) is 0 Å². The summed E-state index contributed by atoms with van der Waals surface area (Å²) < 4.78 is 0. The lowest BCUT2D eigenvalue weighted by Gasteiger charge is -2.15. The largest absolute Gasteiger partial charge is 0.389 e. The number of nitrogens with zero attached hydrogens (tertiary/aromatic N) is 2. The van der Waals surface area contributed by atoms with Crippen LogP contribution in [0.1, 0.15) is 11.8 Å². The van der Waals surface area contributed by atoms with Gasteiger partial charge in [-0.05, 0) is 0 Å². The minimum atomic E-state index is -1.25. The molecule has 0 bridgehead atoms. The van der Waals surface area contributed by atoms with Crippen LogP contribution in [0.2, 0.25) is 5.15 Å². The van der Waals surface area contributed by atoms with Gasteiger partial charge in [0.05, 0.1) is 12.3 Å². The lowest BCUT2D eigenvalue weighted by atomic mass is 10.1. The molecule has 0 aromatic carbocycles. The van der Waals surface area contributed by atoms with Gasteiger partial charge in [0, 0.05) is 6.54 Å². The summed E-state index contributed by atoms with van der Waals surface area (Å²) in [5.74, 6) is 0.146. The maximum Gasteiger partial charge on any atom is 0.155 e. The van der Waals surface area contributed by atoms with E-state index in [9.17, 15) is 10.2 Å². The minimum absolute atomic E-state index is 0.0370. The first-order chi connectivity index (χ1) is 6.56. The average molecular weight is 219 g/mol. The van der Waals surface area contributed by atoms with E-state index < -0.39 is 12.2 Å². The van der Waals surface area contributed by atoms with E-state index in [1.807, 2.05) is 0 Å². The van der Waals surface area contributed by atoms with Gasteiger partial charge in [-0.25, -0.2) is 4.98 Å². The molecule has 0 saturated heterocycles. The van der Waals surface area contributed by atoms with Crippen LogP contribution in [0.4, 0.5) is 5.82 Å². The summed E-state index contributed by atoms with van der Waals surface area (Å²) in [4.78, 5) is 7.44. The maximum absolute atomic E-state index is 9.50. The van der Waals surface area contributed by atoms with Crippen LogP contribution in [0.5, 0.6) is 0 Å².